The molecular weight excluding hydrogens is 734 g/mol. The van der Waals surface area contributed by atoms with Crippen LogP contribution in [0.25, 0.3) is 5.82 Å². The molecule has 1 aliphatic heterocycles. The molecule has 0 radical (unpaired) electrons. The first-order chi connectivity index (χ1) is 26.4. The van der Waals surface area contributed by atoms with Crippen molar-refractivity contribution in [3.8, 4) is 11.7 Å². The number of amides is 2. The van der Waals surface area contributed by atoms with Crippen molar-refractivity contribution in [1.29, 1.82) is 0 Å². The quantitative estimate of drug-likeness (QED) is 0.0690. The molecule has 1 aromatic carbocycles. The topological polar surface area (TPSA) is 124 Å². The zero-order valence-electron chi connectivity index (χ0n) is 32.2. The van der Waals surface area contributed by atoms with E-state index in [1.54, 1.807) is 23.0 Å². The number of benzene rings is 1. The molecular formula is C42H52ClN7O4S. The number of carbonyl (C=O) groups excluding carboxylic acids is 2. The molecule has 292 valence electrons. The first kappa shape index (κ1) is 39.0. The lowest BCUT2D eigenvalue weighted by Crippen LogP contribution is -2.48. The van der Waals surface area contributed by atoms with Gasteiger partial charge in [-0.05, 0) is 133 Å². The van der Waals surface area contributed by atoms with Crippen LogP contribution in [0, 0.1) is 17.3 Å². The molecule has 13 heteroatoms. The van der Waals surface area contributed by atoms with Crippen molar-refractivity contribution < 1.29 is 19.1 Å². The van der Waals surface area contributed by atoms with Gasteiger partial charge in [0, 0.05) is 42.8 Å². The van der Waals surface area contributed by atoms with Crippen LogP contribution in [-0.2, 0) is 11.2 Å². The molecule has 3 fully saturated rings. The Morgan fingerprint density at radius 3 is 2.55 bits per heavy atom. The van der Waals surface area contributed by atoms with E-state index in [0.717, 1.165) is 62.3 Å². The molecule has 2 amide bonds. The van der Waals surface area contributed by atoms with E-state index in [2.05, 4.69) is 44.2 Å². The number of nitrogens with one attached hydrogen (secondary N) is 2. The van der Waals surface area contributed by atoms with Gasteiger partial charge in [-0.15, -0.1) is 5.10 Å². The molecule has 2 aliphatic carbocycles. The zero-order valence-corrected chi connectivity index (χ0v) is 33.8. The summed E-state index contributed by atoms with van der Waals surface area (Å²) >= 11 is 7.59. The number of ether oxygens (including phenoxy) is 2. The van der Waals surface area contributed by atoms with Crippen molar-refractivity contribution in [2.24, 2.45) is 17.3 Å². The Bertz CT molecular complexity index is 1970. The molecule has 3 unspecified atom stereocenters. The molecule has 4 heterocycles. The highest BCUT2D eigenvalue weighted by Crippen LogP contribution is 2.65. The summed E-state index contributed by atoms with van der Waals surface area (Å²) in [7, 11) is 0. The molecule has 1 spiro atoms. The smallest absolute Gasteiger partial charge is 0.410 e. The van der Waals surface area contributed by atoms with Gasteiger partial charge in [-0.2, -0.15) is 0 Å². The van der Waals surface area contributed by atoms with E-state index in [-0.39, 0.29) is 28.3 Å². The average molecular weight is 786 g/mol. The van der Waals surface area contributed by atoms with Crippen molar-refractivity contribution in [2.45, 2.75) is 102 Å². The zero-order chi connectivity index (χ0) is 38.6. The predicted octanol–water partition coefficient (Wildman–Crippen LogP) is 9.16. The number of hydrogen-bond donors (Lipinski definition) is 2. The molecule has 1 saturated heterocycles. The highest BCUT2D eigenvalue weighted by atomic mass is 35.5. The van der Waals surface area contributed by atoms with Crippen molar-refractivity contribution in [3.63, 3.8) is 0 Å². The van der Waals surface area contributed by atoms with Crippen molar-refractivity contribution in [2.75, 3.05) is 25.0 Å². The number of likely N-dealkylation sites (tertiary alicyclic amines) is 1. The van der Waals surface area contributed by atoms with Gasteiger partial charge in [0.25, 0.3) is 5.91 Å². The number of carbonyl (C=O) groups is 2. The highest BCUT2D eigenvalue weighted by Gasteiger charge is 2.54. The summed E-state index contributed by atoms with van der Waals surface area (Å²) in [6.45, 7) is 9.97. The lowest BCUT2D eigenvalue weighted by molar-refractivity contribution is 0.0105. The third-order valence-electron chi connectivity index (χ3n) is 11.3. The Hall–Kier alpha value is -4.29. The van der Waals surface area contributed by atoms with Gasteiger partial charge >= 0.3 is 6.09 Å². The number of aromatic nitrogens is 4. The fourth-order valence-electron chi connectivity index (χ4n) is 8.18. The minimum absolute atomic E-state index is 0.0773. The van der Waals surface area contributed by atoms with Gasteiger partial charge in [-0.25, -0.2) is 19.4 Å². The number of pyridine rings is 2. The fraction of sp³-hybridized carbons (Fsp3) is 0.500. The van der Waals surface area contributed by atoms with Gasteiger partial charge in [0.15, 0.2) is 5.82 Å². The summed E-state index contributed by atoms with van der Waals surface area (Å²) in [4.78, 5) is 37.4. The Labute approximate surface area is 333 Å². The van der Waals surface area contributed by atoms with Crippen LogP contribution in [0.2, 0.25) is 5.15 Å². The minimum atomic E-state index is -0.555. The number of rotatable bonds is 15. The van der Waals surface area contributed by atoms with Gasteiger partial charge in [-0.1, -0.05) is 48.0 Å². The number of halogens is 1. The van der Waals surface area contributed by atoms with Crippen molar-refractivity contribution in [3.05, 3.63) is 89.2 Å². The highest BCUT2D eigenvalue weighted by molar-refractivity contribution is 7.97. The molecule has 3 aromatic heterocycles. The molecule has 4 aromatic rings. The Balaban J connectivity index is 0.861. The molecule has 11 nitrogen and oxygen atoms in total. The maximum atomic E-state index is 13.3. The van der Waals surface area contributed by atoms with Crippen LogP contribution in [0.4, 0.5) is 10.6 Å². The monoisotopic (exact) mass is 785 g/mol. The van der Waals surface area contributed by atoms with Gasteiger partial charge in [0.2, 0.25) is 5.88 Å². The van der Waals surface area contributed by atoms with E-state index >= 15 is 0 Å². The van der Waals surface area contributed by atoms with E-state index in [1.165, 1.54) is 31.2 Å². The number of nitrogens with zero attached hydrogens (tertiary/aromatic N) is 5. The van der Waals surface area contributed by atoms with E-state index in [0.29, 0.717) is 41.2 Å². The van der Waals surface area contributed by atoms with E-state index in [4.69, 9.17) is 21.1 Å². The molecule has 55 heavy (non-hydrogen) atoms. The summed E-state index contributed by atoms with van der Waals surface area (Å²) in [6.07, 6.45) is 11.6. The summed E-state index contributed by atoms with van der Waals surface area (Å²) in [5, 5.41) is 8.63. The van der Waals surface area contributed by atoms with E-state index in [9.17, 15) is 9.59 Å². The SMILES string of the molecule is CC(C)(C)OC(=O)N1CC(CCCNc2cccc(SNC(=O)c3ccc(-n4ccc(OCCC5CCC56CC6)n4)nc3Cl)n2)CC1(C)Cc1ccccc1. The van der Waals surface area contributed by atoms with Gasteiger partial charge in [0.05, 0.1) is 12.2 Å². The Kier molecular flexibility index (Phi) is 11.6. The predicted molar refractivity (Wildman–Crippen MR) is 216 cm³/mol. The number of anilines is 1. The Morgan fingerprint density at radius 1 is 1.00 bits per heavy atom. The summed E-state index contributed by atoms with van der Waals surface area (Å²) < 4.78 is 16.2. The second-order valence-corrected chi connectivity index (χ2v) is 17.8. The van der Waals surface area contributed by atoms with Crippen LogP contribution in [0.15, 0.2) is 78.0 Å². The third kappa shape index (κ3) is 9.75. The van der Waals surface area contributed by atoms with Gasteiger partial charge in [0.1, 0.15) is 21.6 Å². The van der Waals surface area contributed by atoms with Crippen molar-refractivity contribution >= 4 is 41.4 Å². The normalized spacial score (nSPS) is 21.2. The second-order valence-electron chi connectivity index (χ2n) is 16.6. The molecule has 2 N–H and O–H groups in total. The summed E-state index contributed by atoms with van der Waals surface area (Å²) in [5.74, 6) is 2.54. The van der Waals surface area contributed by atoms with Crippen LogP contribution in [-0.4, -0.2) is 67.5 Å². The van der Waals surface area contributed by atoms with Crippen LogP contribution < -0.4 is 14.8 Å². The lowest BCUT2D eigenvalue weighted by Gasteiger charge is -2.37. The lowest BCUT2D eigenvalue weighted by atomic mass is 9.69. The second kappa shape index (κ2) is 16.4. The molecule has 0 bridgehead atoms. The molecule has 3 atom stereocenters. The summed E-state index contributed by atoms with van der Waals surface area (Å²) in [5.41, 5.74) is 1.23. The first-order valence-electron chi connectivity index (χ1n) is 19.5. The van der Waals surface area contributed by atoms with Crippen molar-refractivity contribution in [1.82, 2.24) is 29.4 Å². The summed E-state index contributed by atoms with van der Waals surface area (Å²) in [6, 6.07) is 21.2. The van der Waals surface area contributed by atoms with Crippen LogP contribution in [0.1, 0.15) is 95.0 Å². The number of hydrogen-bond acceptors (Lipinski definition) is 9. The van der Waals surface area contributed by atoms with Gasteiger partial charge < -0.3 is 19.7 Å². The average Bonchev–Trinajstić information content (AvgIpc) is 3.75. The third-order valence-corrected chi connectivity index (χ3v) is 12.3. The minimum Gasteiger partial charge on any atom is -0.477 e. The molecule has 2 saturated carbocycles. The molecule has 3 aliphatic rings. The van der Waals surface area contributed by atoms with E-state index in [1.807, 2.05) is 68.1 Å². The standard InChI is InChI=1S/C42H52ClN7O4S/c1-40(2,3)54-39(52)49-28-30(27-41(49,4)26-29-10-6-5-7-11-29)12-9-23-44-33-13-8-14-36(45-33)55-48-38(51)32-15-16-34(46-37(32)43)50-24-18-35(47-50)53-25-19-31-17-20-42(31)21-22-42/h5-8,10-11,13-16,18,24,30-31H,9,12,17,19-23,25-28H2,1-4H3,(H,44,45)(H,48,51). The van der Waals surface area contributed by atoms with Crippen LogP contribution in [0.5, 0.6) is 5.88 Å². The largest absolute Gasteiger partial charge is 0.477 e. The van der Waals surface area contributed by atoms with Crippen LogP contribution >= 0.6 is 23.5 Å². The maximum Gasteiger partial charge on any atom is 0.410 e. The maximum absolute atomic E-state index is 13.3. The first-order valence-corrected chi connectivity index (χ1v) is 20.7. The molecule has 7 rings (SSSR count). The fourth-order valence-corrected chi connectivity index (χ4v) is 9.01. The van der Waals surface area contributed by atoms with E-state index < -0.39 is 5.60 Å². The van der Waals surface area contributed by atoms with Gasteiger partial charge in [-0.3, -0.25) is 9.52 Å². The van der Waals surface area contributed by atoms with Crippen LogP contribution in [0.3, 0.4) is 0 Å². The Morgan fingerprint density at radius 2 is 1.82 bits per heavy atom.